The molecule has 37 heavy (non-hydrogen) atoms. The summed E-state index contributed by atoms with van der Waals surface area (Å²) < 4.78 is 11.2. The summed E-state index contributed by atoms with van der Waals surface area (Å²) in [4.78, 5) is 22.0. The number of rotatable bonds is 8. The number of para-hydroxylation sites is 2. The zero-order valence-electron chi connectivity index (χ0n) is 20.8. The first-order chi connectivity index (χ1) is 17.4. The van der Waals surface area contributed by atoms with Gasteiger partial charge in [-0.25, -0.2) is 0 Å². The molecule has 0 unspecified atom stereocenters. The fraction of sp³-hybridized carbons (Fsp3) is 0.133. The molecular weight excluding hydrogens is 522 g/mol. The van der Waals surface area contributed by atoms with Gasteiger partial charge in [0.05, 0.1) is 11.9 Å². The number of hydrogen-bond donors (Lipinski definition) is 0. The van der Waals surface area contributed by atoms with Crippen molar-refractivity contribution in [3.63, 3.8) is 0 Å². The molecule has 0 aromatic heterocycles. The van der Waals surface area contributed by atoms with Crippen molar-refractivity contribution in [3.8, 4) is 11.5 Å². The van der Waals surface area contributed by atoms with Crippen molar-refractivity contribution in [1.82, 2.24) is 0 Å². The average Bonchev–Trinajstić information content (AvgIpc) is 2.88. The van der Waals surface area contributed by atoms with E-state index in [2.05, 4.69) is 0 Å². The molecule has 0 aliphatic rings. The van der Waals surface area contributed by atoms with Gasteiger partial charge in [0.1, 0.15) is 24.7 Å². The van der Waals surface area contributed by atoms with Crippen LogP contribution in [0.4, 0.5) is 0 Å². The molecule has 7 heteroatoms. The van der Waals surface area contributed by atoms with Crippen LogP contribution in [0, 0.1) is 13.8 Å². The third kappa shape index (κ3) is 8.58. The van der Waals surface area contributed by atoms with Crippen molar-refractivity contribution >= 4 is 11.9 Å². The molecule has 4 aromatic carbocycles. The van der Waals surface area contributed by atoms with Crippen LogP contribution in [0.25, 0.3) is 0 Å². The molecule has 0 saturated heterocycles. The minimum Gasteiger partial charge on any atom is -0.545 e. The Morgan fingerprint density at radius 2 is 0.919 bits per heavy atom. The Labute approximate surface area is 229 Å². The summed E-state index contributed by atoms with van der Waals surface area (Å²) in [5.74, 6) is -1.69. The molecule has 0 aliphatic carbocycles. The maximum atomic E-state index is 11.0. The minimum absolute atomic E-state index is 0. The molecule has 0 fully saturated rings. The molecular formula is C30H26O6Zn. The molecule has 184 valence electrons. The topological polar surface area (TPSA) is 98.7 Å². The standard InChI is InChI=1S/2C15H14O3.Zn/c2*1-11-6-5-9-13(15(16)17)14(11)18-10-12-7-3-2-4-8-12;/h2*2-9H,10H2,1H3,(H,16,17);/q;;+2/p-2. The number of carbonyl (C=O) groups excluding carboxylic acids is 2. The number of carbonyl (C=O) groups is 2. The van der Waals surface area contributed by atoms with Crippen LogP contribution in [0.5, 0.6) is 11.5 Å². The summed E-state index contributed by atoms with van der Waals surface area (Å²) >= 11 is 0. The first-order valence-corrected chi connectivity index (χ1v) is 11.3. The van der Waals surface area contributed by atoms with Gasteiger partial charge in [-0.1, -0.05) is 84.9 Å². The van der Waals surface area contributed by atoms with E-state index in [0.717, 1.165) is 22.3 Å². The van der Waals surface area contributed by atoms with Crippen LogP contribution in [0.15, 0.2) is 97.1 Å². The van der Waals surface area contributed by atoms with Crippen LogP contribution in [0.1, 0.15) is 43.0 Å². The molecule has 0 saturated carbocycles. The molecule has 0 N–H and O–H groups in total. The summed E-state index contributed by atoms with van der Waals surface area (Å²) in [5.41, 5.74) is 3.73. The zero-order valence-corrected chi connectivity index (χ0v) is 23.8. The minimum atomic E-state index is -1.22. The molecule has 0 spiro atoms. The molecule has 4 rings (SSSR count). The maximum absolute atomic E-state index is 11.0. The van der Waals surface area contributed by atoms with Crippen LogP contribution in [-0.2, 0) is 32.7 Å². The van der Waals surface area contributed by atoms with Crippen LogP contribution >= 0.6 is 0 Å². The Hall–Kier alpha value is -3.96. The first-order valence-electron chi connectivity index (χ1n) is 11.3. The third-order valence-corrected chi connectivity index (χ3v) is 5.32. The molecule has 0 amide bonds. The number of aromatic carboxylic acids is 2. The van der Waals surface area contributed by atoms with E-state index in [0.29, 0.717) is 24.7 Å². The normalized spacial score (nSPS) is 9.78. The van der Waals surface area contributed by atoms with Crippen molar-refractivity contribution < 1.29 is 48.8 Å². The van der Waals surface area contributed by atoms with E-state index in [1.807, 2.05) is 86.6 Å². The van der Waals surface area contributed by atoms with Gasteiger partial charge in [-0.05, 0) is 48.2 Å². The summed E-state index contributed by atoms with van der Waals surface area (Å²) in [6.07, 6.45) is 0. The van der Waals surface area contributed by atoms with Gasteiger partial charge in [-0.3, -0.25) is 0 Å². The number of aryl methyl sites for hydroxylation is 2. The van der Waals surface area contributed by atoms with Gasteiger partial charge in [0.2, 0.25) is 0 Å². The Bertz CT molecular complexity index is 1200. The van der Waals surface area contributed by atoms with Crippen LogP contribution < -0.4 is 19.7 Å². The number of hydrogen-bond acceptors (Lipinski definition) is 6. The van der Waals surface area contributed by atoms with Crippen LogP contribution in [-0.4, -0.2) is 11.9 Å². The Morgan fingerprint density at radius 3 is 1.24 bits per heavy atom. The van der Waals surface area contributed by atoms with Gasteiger partial charge < -0.3 is 29.3 Å². The smallest absolute Gasteiger partial charge is 0.545 e. The molecule has 0 bridgehead atoms. The van der Waals surface area contributed by atoms with Gasteiger partial charge >= 0.3 is 19.5 Å². The van der Waals surface area contributed by atoms with Crippen molar-refractivity contribution in [2.75, 3.05) is 0 Å². The van der Waals surface area contributed by atoms with Gasteiger partial charge in [-0.15, -0.1) is 0 Å². The molecule has 4 aromatic rings. The molecule has 6 nitrogen and oxygen atoms in total. The third-order valence-electron chi connectivity index (χ3n) is 5.32. The summed E-state index contributed by atoms with van der Waals surface area (Å²) in [7, 11) is 0. The second-order valence-electron chi connectivity index (χ2n) is 8.03. The number of ether oxygens (including phenoxy) is 2. The monoisotopic (exact) mass is 546 g/mol. The van der Waals surface area contributed by atoms with E-state index >= 15 is 0 Å². The molecule has 0 heterocycles. The number of carboxylic acid groups (broad SMARTS) is 2. The van der Waals surface area contributed by atoms with Crippen molar-refractivity contribution in [2.45, 2.75) is 27.1 Å². The quantitative estimate of drug-likeness (QED) is 0.311. The van der Waals surface area contributed by atoms with E-state index in [9.17, 15) is 19.8 Å². The number of carboxylic acids is 2. The van der Waals surface area contributed by atoms with Gasteiger partial charge in [0.25, 0.3) is 0 Å². The van der Waals surface area contributed by atoms with Crippen LogP contribution in [0.2, 0.25) is 0 Å². The van der Waals surface area contributed by atoms with Gasteiger partial charge in [0.15, 0.2) is 0 Å². The Morgan fingerprint density at radius 1 is 0.568 bits per heavy atom. The van der Waals surface area contributed by atoms with E-state index in [1.165, 1.54) is 12.1 Å². The van der Waals surface area contributed by atoms with Gasteiger partial charge in [-0.2, -0.15) is 0 Å². The SMILES string of the molecule is Cc1cccc(C(=O)[O-])c1OCc1ccccc1.Cc1cccc(C(=O)[O-])c1OCc1ccccc1.[Zn+2]. The van der Waals surface area contributed by atoms with Crippen molar-refractivity contribution in [2.24, 2.45) is 0 Å². The fourth-order valence-electron chi connectivity index (χ4n) is 3.47. The Balaban J connectivity index is 0.000000253. The van der Waals surface area contributed by atoms with E-state index in [1.54, 1.807) is 12.1 Å². The predicted molar refractivity (Wildman–Crippen MR) is 133 cm³/mol. The first kappa shape index (κ1) is 29.3. The second-order valence-corrected chi connectivity index (χ2v) is 8.03. The van der Waals surface area contributed by atoms with E-state index in [4.69, 9.17) is 9.47 Å². The predicted octanol–water partition coefficient (Wildman–Crippen LogP) is 3.87. The van der Waals surface area contributed by atoms with E-state index < -0.39 is 11.9 Å². The fourth-order valence-corrected chi connectivity index (χ4v) is 3.47. The summed E-state index contributed by atoms with van der Waals surface area (Å²) in [6, 6.07) is 29.2. The molecule has 0 atom stereocenters. The Kier molecular flexibility index (Phi) is 11.5. The van der Waals surface area contributed by atoms with Gasteiger partial charge in [0, 0.05) is 11.1 Å². The summed E-state index contributed by atoms with van der Waals surface area (Å²) in [6.45, 7) is 4.30. The summed E-state index contributed by atoms with van der Waals surface area (Å²) in [5, 5.41) is 22.0. The van der Waals surface area contributed by atoms with Crippen molar-refractivity contribution in [3.05, 3.63) is 130 Å². The second kappa shape index (κ2) is 14.6. The number of benzene rings is 4. The maximum Gasteiger partial charge on any atom is 2.00 e. The zero-order chi connectivity index (χ0) is 25.9. The van der Waals surface area contributed by atoms with Crippen molar-refractivity contribution in [1.29, 1.82) is 0 Å². The molecule has 0 aliphatic heterocycles. The molecule has 0 radical (unpaired) electrons. The van der Waals surface area contributed by atoms with Crippen LogP contribution in [0.3, 0.4) is 0 Å². The average molecular weight is 548 g/mol. The largest absolute Gasteiger partial charge is 2.00 e. The van der Waals surface area contributed by atoms with E-state index in [-0.39, 0.29) is 30.6 Å².